The molecule has 0 aliphatic carbocycles. The summed E-state index contributed by atoms with van der Waals surface area (Å²) in [6.07, 6.45) is 0. The molecular weight excluding hydrogens is 228 g/mol. The number of benzene rings is 1. The molecule has 1 aromatic carbocycles. The molecule has 0 unspecified atom stereocenters. The summed E-state index contributed by atoms with van der Waals surface area (Å²) in [5.74, 6) is 0. The van der Waals surface area contributed by atoms with Crippen LogP contribution in [0.4, 0.5) is 5.69 Å². The Balaban J connectivity index is 2.01. The van der Waals surface area contributed by atoms with Crippen molar-refractivity contribution in [2.24, 2.45) is 0 Å². The van der Waals surface area contributed by atoms with E-state index in [0.29, 0.717) is 6.04 Å². The van der Waals surface area contributed by atoms with Crippen LogP contribution < -0.4 is 11.1 Å². The van der Waals surface area contributed by atoms with Gasteiger partial charge >= 0.3 is 0 Å². The van der Waals surface area contributed by atoms with Gasteiger partial charge < -0.3 is 11.1 Å². The average molecular weight is 246 g/mol. The van der Waals surface area contributed by atoms with Crippen LogP contribution in [-0.2, 0) is 6.54 Å². The fourth-order valence-electron chi connectivity index (χ4n) is 1.92. The Morgan fingerprint density at radius 3 is 2.71 bits per heavy atom. The Hall–Kier alpha value is -1.32. The van der Waals surface area contributed by atoms with Gasteiger partial charge in [-0.2, -0.15) is 0 Å². The topological polar surface area (TPSA) is 38.0 Å². The van der Waals surface area contributed by atoms with Crippen LogP contribution in [0.2, 0.25) is 0 Å². The maximum absolute atomic E-state index is 5.87. The lowest BCUT2D eigenvalue weighted by Crippen LogP contribution is -2.18. The van der Waals surface area contributed by atoms with E-state index in [2.05, 4.69) is 43.4 Å². The van der Waals surface area contributed by atoms with Gasteiger partial charge in [0.2, 0.25) is 0 Å². The molecule has 3 heteroatoms. The van der Waals surface area contributed by atoms with Crippen LogP contribution in [0.3, 0.4) is 0 Å². The number of hydrogen-bond acceptors (Lipinski definition) is 3. The largest absolute Gasteiger partial charge is 0.398 e. The van der Waals surface area contributed by atoms with Gasteiger partial charge in [-0.15, -0.1) is 11.3 Å². The van der Waals surface area contributed by atoms with E-state index in [-0.39, 0.29) is 0 Å². The van der Waals surface area contributed by atoms with E-state index in [9.17, 15) is 0 Å². The van der Waals surface area contributed by atoms with Crippen molar-refractivity contribution in [3.8, 4) is 0 Å². The van der Waals surface area contributed by atoms with Gasteiger partial charge in [0, 0.05) is 23.2 Å². The van der Waals surface area contributed by atoms with Crippen LogP contribution in [-0.4, -0.2) is 0 Å². The molecule has 17 heavy (non-hydrogen) atoms. The Kier molecular flexibility index (Phi) is 3.82. The van der Waals surface area contributed by atoms with E-state index in [1.807, 2.05) is 11.4 Å². The highest BCUT2D eigenvalue weighted by Crippen LogP contribution is 2.21. The fourth-order valence-corrected chi connectivity index (χ4v) is 2.67. The number of nitrogen functional groups attached to an aromatic ring is 1. The number of rotatable bonds is 4. The van der Waals surface area contributed by atoms with Crippen LogP contribution in [0.25, 0.3) is 0 Å². The van der Waals surface area contributed by atoms with Crippen molar-refractivity contribution < 1.29 is 0 Å². The van der Waals surface area contributed by atoms with Crippen LogP contribution in [0.5, 0.6) is 0 Å². The highest BCUT2D eigenvalue weighted by molar-refractivity contribution is 7.10. The van der Waals surface area contributed by atoms with Crippen LogP contribution in [0.15, 0.2) is 35.7 Å². The maximum Gasteiger partial charge on any atom is 0.0468 e. The van der Waals surface area contributed by atoms with Crippen LogP contribution >= 0.6 is 11.3 Å². The van der Waals surface area contributed by atoms with Crippen molar-refractivity contribution in [1.29, 1.82) is 0 Å². The van der Waals surface area contributed by atoms with Crippen LogP contribution in [0.1, 0.15) is 29.0 Å². The number of nitrogens with one attached hydrogen (secondary N) is 1. The van der Waals surface area contributed by atoms with Gasteiger partial charge in [0.05, 0.1) is 0 Å². The summed E-state index contributed by atoms with van der Waals surface area (Å²) in [6.45, 7) is 5.16. The van der Waals surface area contributed by atoms with Crippen molar-refractivity contribution in [2.45, 2.75) is 26.4 Å². The van der Waals surface area contributed by atoms with E-state index in [0.717, 1.165) is 12.2 Å². The third kappa shape index (κ3) is 2.87. The molecule has 2 aromatic rings. The summed E-state index contributed by atoms with van der Waals surface area (Å²) in [7, 11) is 0. The highest BCUT2D eigenvalue weighted by Gasteiger charge is 2.08. The zero-order valence-electron chi connectivity index (χ0n) is 10.2. The lowest BCUT2D eigenvalue weighted by molar-refractivity contribution is 0.577. The highest BCUT2D eigenvalue weighted by atomic mass is 32.1. The van der Waals surface area contributed by atoms with Gasteiger partial charge in [0.15, 0.2) is 0 Å². The van der Waals surface area contributed by atoms with Crippen molar-refractivity contribution >= 4 is 17.0 Å². The smallest absolute Gasteiger partial charge is 0.0468 e. The molecule has 0 amide bonds. The number of hydrogen-bond donors (Lipinski definition) is 2. The molecule has 0 spiro atoms. The molecule has 1 aromatic heterocycles. The molecule has 3 N–H and O–H groups in total. The van der Waals surface area contributed by atoms with Gasteiger partial charge in [0.25, 0.3) is 0 Å². The summed E-state index contributed by atoms with van der Waals surface area (Å²) >= 11 is 1.70. The molecule has 0 saturated carbocycles. The van der Waals surface area contributed by atoms with Gasteiger partial charge in [-0.3, -0.25) is 0 Å². The van der Waals surface area contributed by atoms with Crippen LogP contribution in [0, 0.1) is 6.92 Å². The standard InChI is InChI=1S/C14H18N2S/c1-10-5-3-4-6-12(10)11(2)16-9-14-13(15)7-8-17-14/h3-8,11,16H,9,15H2,1-2H3/t11-/m1/s1. The summed E-state index contributed by atoms with van der Waals surface area (Å²) in [5.41, 5.74) is 9.43. The molecule has 0 aliphatic rings. The summed E-state index contributed by atoms with van der Waals surface area (Å²) in [6, 6.07) is 10.8. The molecule has 2 rings (SSSR count). The first-order chi connectivity index (χ1) is 8.18. The molecule has 90 valence electrons. The Labute approximate surface area is 106 Å². The quantitative estimate of drug-likeness (QED) is 0.866. The number of nitrogens with two attached hydrogens (primary N) is 1. The molecule has 1 heterocycles. The Morgan fingerprint density at radius 1 is 1.29 bits per heavy atom. The Morgan fingerprint density at radius 2 is 2.06 bits per heavy atom. The molecule has 0 radical (unpaired) electrons. The first-order valence-electron chi connectivity index (χ1n) is 5.79. The first-order valence-corrected chi connectivity index (χ1v) is 6.67. The average Bonchev–Trinajstić information content (AvgIpc) is 2.72. The minimum absolute atomic E-state index is 0.345. The predicted octanol–water partition coefficient (Wildman–Crippen LogP) is 3.49. The monoisotopic (exact) mass is 246 g/mol. The first kappa shape index (κ1) is 12.1. The van der Waals surface area contributed by atoms with Gasteiger partial charge in [0.1, 0.15) is 0 Å². The fraction of sp³-hybridized carbons (Fsp3) is 0.286. The molecule has 1 atom stereocenters. The normalized spacial score (nSPS) is 12.6. The summed E-state index contributed by atoms with van der Waals surface area (Å²) in [5, 5.41) is 5.55. The zero-order chi connectivity index (χ0) is 12.3. The van der Waals surface area contributed by atoms with Crippen molar-refractivity contribution in [3.63, 3.8) is 0 Å². The summed E-state index contributed by atoms with van der Waals surface area (Å²) < 4.78 is 0. The molecule has 0 bridgehead atoms. The van der Waals surface area contributed by atoms with E-state index in [1.165, 1.54) is 16.0 Å². The van der Waals surface area contributed by atoms with Gasteiger partial charge in [-0.25, -0.2) is 0 Å². The molecular formula is C14H18N2S. The third-order valence-electron chi connectivity index (χ3n) is 3.00. The second kappa shape index (κ2) is 5.34. The van der Waals surface area contributed by atoms with E-state index in [4.69, 9.17) is 5.73 Å². The lowest BCUT2D eigenvalue weighted by atomic mass is 10.0. The second-order valence-corrected chi connectivity index (χ2v) is 5.26. The number of thiophene rings is 1. The molecule has 0 fully saturated rings. The van der Waals surface area contributed by atoms with Gasteiger partial charge in [-0.05, 0) is 36.4 Å². The number of anilines is 1. The lowest BCUT2D eigenvalue weighted by Gasteiger charge is -2.16. The van der Waals surface area contributed by atoms with Crippen molar-refractivity contribution in [3.05, 3.63) is 51.7 Å². The SMILES string of the molecule is Cc1ccccc1[C@@H](C)NCc1sccc1N. The maximum atomic E-state index is 5.87. The Bertz CT molecular complexity index is 490. The van der Waals surface area contributed by atoms with E-state index >= 15 is 0 Å². The second-order valence-electron chi connectivity index (χ2n) is 4.26. The minimum atomic E-state index is 0.345. The molecule has 0 aliphatic heterocycles. The van der Waals surface area contributed by atoms with Gasteiger partial charge in [-0.1, -0.05) is 24.3 Å². The zero-order valence-corrected chi connectivity index (χ0v) is 11.1. The third-order valence-corrected chi connectivity index (χ3v) is 3.94. The minimum Gasteiger partial charge on any atom is -0.398 e. The number of aryl methyl sites for hydroxylation is 1. The molecule has 2 nitrogen and oxygen atoms in total. The molecule has 0 saturated heterocycles. The van der Waals surface area contributed by atoms with Crippen molar-refractivity contribution in [1.82, 2.24) is 5.32 Å². The van der Waals surface area contributed by atoms with Crippen molar-refractivity contribution in [2.75, 3.05) is 5.73 Å². The van der Waals surface area contributed by atoms with E-state index < -0.39 is 0 Å². The summed E-state index contributed by atoms with van der Waals surface area (Å²) in [4.78, 5) is 1.21. The van der Waals surface area contributed by atoms with E-state index in [1.54, 1.807) is 11.3 Å². The predicted molar refractivity (Wildman–Crippen MR) is 75.2 cm³/mol.